The Morgan fingerprint density at radius 1 is 1.22 bits per heavy atom. The van der Waals surface area contributed by atoms with Crippen LogP contribution in [0.25, 0.3) is 0 Å². The minimum absolute atomic E-state index is 0.175. The van der Waals surface area contributed by atoms with Crippen molar-refractivity contribution in [2.24, 2.45) is 5.92 Å². The van der Waals surface area contributed by atoms with Crippen molar-refractivity contribution >= 4 is 11.9 Å². The van der Waals surface area contributed by atoms with Gasteiger partial charge < -0.3 is 15.4 Å². The Balaban J connectivity index is 4.22. The Kier molecular flexibility index (Phi) is 8.37. The van der Waals surface area contributed by atoms with Crippen LogP contribution in [0.2, 0.25) is 0 Å². The first-order valence-electron chi connectivity index (χ1n) is 6.51. The molecule has 0 saturated heterocycles. The van der Waals surface area contributed by atoms with Crippen LogP contribution < -0.4 is 10.6 Å². The Bertz CT molecular complexity index is 267. The third-order valence-electron chi connectivity index (χ3n) is 2.75. The third-order valence-corrected chi connectivity index (χ3v) is 2.75. The molecular formula is C13H26N2O3. The van der Waals surface area contributed by atoms with Crippen LogP contribution in [0, 0.1) is 5.92 Å². The van der Waals surface area contributed by atoms with Gasteiger partial charge in [-0.15, -0.1) is 0 Å². The van der Waals surface area contributed by atoms with Gasteiger partial charge in [0.2, 0.25) is 5.91 Å². The highest BCUT2D eigenvalue weighted by atomic mass is 16.5. The minimum atomic E-state index is -0.554. The normalized spacial score (nSPS) is 14.1. The summed E-state index contributed by atoms with van der Waals surface area (Å²) in [4.78, 5) is 23.2. The highest BCUT2D eigenvalue weighted by Crippen LogP contribution is 2.06. The van der Waals surface area contributed by atoms with E-state index in [1.165, 1.54) is 7.11 Å². The fourth-order valence-electron chi connectivity index (χ4n) is 1.48. The highest BCUT2D eigenvalue weighted by molar-refractivity contribution is 5.85. The van der Waals surface area contributed by atoms with E-state index in [2.05, 4.69) is 15.4 Å². The molecule has 0 spiro atoms. The van der Waals surface area contributed by atoms with Crippen molar-refractivity contribution in [3.05, 3.63) is 0 Å². The fraction of sp³-hybridized carbons (Fsp3) is 0.846. The molecule has 0 aromatic rings. The van der Waals surface area contributed by atoms with Crippen LogP contribution in [0.3, 0.4) is 0 Å². The maximum Gasteiger partial charge on any atom is 0.328 e. The molecule has 0 saturated carbocycles. The number of rotatable bonds is 8. The Hall–Kier alpha value is -1.10. The average Bonchev–Trinajstić information content (AvgIpc) is 2.33. The van der Waals surface area contributed by atoms with E-state index in [0.29, 0.717) is 12.3 Å². The summed E-state index contributed by atoms with van der Waals surface area (Å²) in [6, 6.07) is -0.265. The molecule has 2 atom stereocenters. The topological polar surface area (TPSA) is 67.4 Å². The lowest BCUT2D eigenvalue weighted by Gasteiger charge is -2.19. The molecule has 5 nitrogen and oxygen atoms in total. The molecule has 1 amide bonds. The number of esters is 1. The van der Waals surface area contributed by atoms with Crippen molar-refractivity contribution in [1.29, 1.82) is 0 Å². The van der Waals surface area contributed by atoms with E-state index in [4.69, 9.17) is 0 Å². The molecule has 2 unspecified atom stereocenters. The van der Waals surface area contributed by atoms with E-state index in [1.54, 1.807) is 0 Å². The summed E-state index contributed by atoms with van der Waals surface area (Å²) in [6.07, 6.45) is 1.54. The maximum absolute atomic E-state index is 11.7. The zero-order valence-corrected chi connectivity index (χ0v) is 12.1. The summed E-state index contributed by atoms with van der Waals surface area (Å²) in [5.74, 6) is -0.246. The van der Waals surface area contributed by atoms with Crippen LogP contribution in [-0.2, 0) is 14.3 Å². The SMILES string of the molecule is CCC(C)NCC(=O)NC(CC(C)C)C(=O)OC. The molecular weight excluding hydrogens is 232 g/mol. The Morgan fingerprint density at radius 2 is 1.83 bits per heavy atom. The monoisotopic (exact) mass is 258 g/mol. The fourth-order valence-corrected chi connectivity index (χ4v) is 1.48. The minimum Gasteiger partial charge on any atom is -0.467 e. The summed E-state index contributed by atoms with van der Waals surface area (Å²) in [7, 11) is 1.33. The van der Waals surface area contributed by atoms with Gasteiger partial charge in [-0.2, -0.15) is 0 Å². The first kappa shape index (κ1) is 16.9. The van der Waals surface area contributed by atoms with Gasteiger partial charge in [0.05, 0.1) is 13.7 Å². The number of ether oxygens (including phenoxy) is 1. The lowest BCUT2D eigenvalue weighted by molar-refractivity contribution is -0.145. The van der Waals surface area contributed by atoms with Crippen molar-refractivity contribution in [1.82, 2.24) is 10.6 Å². The number of hydrogen-bond donors (Lipinski definition) is 2. The largest absolute Gasteiger partial charge is 0.467 e. The van der Waals surface area contributed by atoms with Gasteiger partial charge in [0.25, 0.3) is 0 Å². The molecule has 5 heteroatoms. The molecule has 0 aromatic heterocycles. The first-order chi connectivity index (χ1) is 8.40. The van der Waals surface area contributed by atoms with Gasteiger partial charge in [0.1, 0.15) is 6.04 Å². The van der Waals surface area contributed by atoms with Gasteiger partial charge in [-0.25, -0.2) is 4.79 Å². The summed E-state index contributed by atoms with van der Waals surface area (Å²) < 4.78 is 4.69. The van der Waals surface area contributed by atoms with Crippen LogP contribution in [0.4, 0.5) is 0 Å². The van der Waals surface area contributed by atoms with E-state index < -0.39 is 6.04 Å². The van der Waals surface area contributed by atoms with Gasteiger partial charge in [-0.3, -0.25) is 4.79 Å². The summed E-state index contributed by atoms with van der Waals surface area (Å²) >= 11 is 0. The van der Waals surface area contributed by atoms with E-state index in [9.17, 15) is 9.59 Å². The summed E-state index contributed by atoms with van der Waals surface area (Å²) in [5.41, 5.74) is 0. The number of carbonyl (C=O) groups excluding carboxylic acids is 2. The lowest BCUT2D eigenvalue weighted by atomic mass is 10.0. The molecule has 0 aliphatic rings. The second kappa shape index (κ2) is 8.91. The van der Waals surface area contributed by atoms with Gasteiger partial charge >= 0.3 is 5.97 Å². The van der Waals surface area contributed by atoms with Crippen molar-refractivity contribution < 1.29 is 14.3 Å². The smallest absolute Gasteiger partial charge is 0.328 e. The van der Waals surface area contributed by atoms with Crippen LogP contribution in [0.5, 0.6) is 0 Å². The summed E-state index contributed by atoms with van der Waals surface area (Å²) in [6.45, 7) is 8.28. The molecule has 0 aromatic carbocycles. The Labute approximate surface area is 110 Å². The molecule has 0 aliphatic heterocycles. The van der Waals surface area contributed by atoms with Gasteiger partial charge in [-0.1, -0.05) is 20.8 Å². The van der Waals surface area contributed by atoms with Crippen LogP contribution in [0.1, 0.15) is 40.5 Å². The standard InChI is InChI=1S/C13H26N2O3/c1-6-10(4)14-8-12(16)15-11(7-9(2)3)13(17)18-5/h9-11,14H,6-8H2,1-5H3,(H,15,16). The molecule has 0 bridgehead atoms. The molecule has 0 fully saturated rings. The van der Waals surface area contributed by atoms with Crippen LogP contribution >= 0.6 is 0 Å². The second-order valence-electron chi connectivity index (χ2n) is 4.96. The maximum atomic E-state index is 11.7. The number of amides is 1. The zero-order valence-electron chi connectivity index (χ0n) is 12.1. The van der Waals surface area contributed by atoms with E-state index in [1.807, 2.05) is 27.7 Å². The van der Waals surface area contributed by atoms with Crippen molar-refractivity contribution in [3.8, 4) is 0 Å². The zero-order chi connectivity index (χ0) is 14.1. The molecule has 0 aliphatic carbocycles. The van der Waals surface area contributed by atoms with Crippen LogP contribution in [0.15, 0.2) is 0 Å². The molecule has 2 N–H and O–H groups in total. The van der Waals surface area contributed by atoms with Crippen LogP contribution in [-0.4, -0.2) is 37.6 Å². The number of methoxy groups -OCH3 is 1. The average molecular weight is 258 g/mol. The van der Waals surface area contributed by atoms with Crippen molar-refractivity contribution in [2.75, 3.05) is 13.7 Å². The molecule has 18 heavy (non-hydrogen) atoms. The Morgan fingerprint density at radius 3 is 2.28 bits per heavy atom. The van der Waals surface area contributed by atoms with E-state index in [-0.39, 0.29) is 24.5 Å². The molecule has 106 valence electrons. The van der Waals surface area contributed by atoms with Gasteiger partial charge in [-0.05, 0) is 25.7 Å². The van der Waals surface area contributed by atoms with Gasteiger partial charge in [0, 0.05) is 6.04 Å². The van der Waals surface area contributed by atoms with E-state index >= 15 is 0 Å². The molecule has 0 heterocycles. The lowest BCUT2D eigenvalue weighted by Crippen LogP contribution is -2.46. The third kappa shape index (κ3) is 7.27. The van der Waals surface area contributed by atoms with Gasteiger partial charge in [0.15, 0.2) is 0 Å². The summed E-state index contributed by atoms with van der Waals surface area (Å²) in [5, 5.41) is 5.79. The van der Waals surface area contributed by atoms with E-state index in [0.717, 1.165) is 6.42 Å². The highest BCUT2D eigenvalue weighted by Gasteiger charge is 2.22. The predicted octanol–water partition coefficient (Wildman–Crippen LogP) is 1.08. The number of hydrogen-bond acceptors (Lipinski definition) is 4. The predicted molar refractivity (Wildman–Crippen MR) is 71.2 cm³/mol. The number of carbonyl (C=O) groups is 2. The number of nitrogens with one attached hydrogen (secondary N) is 2. The first-order valence-corrected chi connectivity index (χ1v) is 6.51. The quantitative estimate of drug-likeness (QED) is 0.639. The molecule has 0 radical (unpaired) electrons. The second-order valence-corrected chi connectivity index (χ2v) is 4.96. The van der Waals surface area contributed by atoms with Crippen molar-refractivity contribution in [2.45, 2.75) is 52.6 Å². The molecule has 0 rings (SSSR count). The van der Waals surface area contributed by atoms with Crippen molar-refractivity contribution in [3.63, 3.8) is 0 Å².